The number of para-hydroxylation sites is 1. The predicted octanol–water partition coefficient (Wildman–Crippen LogP) is 5.75. The van der Waals surface area contributed by atoms with Crippen LogP contribution in [0.3, 0.4) is 0 Å². The summed E-state index contributed by atoms with van der Waals surface area (Å²) in [5, 5.41) is 2.59. The van der Waals surface area contributed by atoms with Gasteiger partial charge in [-0.2, -0.15) is 0 Å². The van der Waals surface area contributed by atoms with Crippen molar-refractivity contribution in [2.45, 2.75) is 45.6 Å². The topological polar surface area (TPSA) is 4.93 Å². The van der Waals surface area contributed by atoms with Gasteiger partial charge in [0.1, 0.15) is 0 Å². The second kappa shape index (κ2) is 6.71. The molecule has 0 radical (unpaired) electrons. The van der Waals surface area contributed by atoms with Crippen molar-refractivity contribution in [3.63, 3.8) is 0 Å². The molecule has 1 aromatic heterocycles. The number of nitrogens with zero attached hydrogens (tertiary/aromatic N) is 1. The van der Waals surface area contributed by atoms with Crippen LogP contribution >= 0.6 is 0 Å². The van der Waals surface area contributed by atoms with Gasteiger partial charge in [-0.3, -0.25) is 0 Å². The monoisotopic (exact) mass is 289 g/mol. The average molecular weight is 289 g/mol. The number of terminal acetylenes is 1. The molecule has 0 unspecified atom stereocenters. The molecule has 0 fully saturated rings. The Balaban J connectivity index is 1.98. The van der Waals surface area contributed by atoms with Gasteiger partial charge in [0.25, 0.3) is 0 Å². The zero-order valence-corrected chi connectivity index (χ0v) is 13.3. The molecule has 0 aliphatic rings. The lowest BCUT2D eigenvalue weighted by Gasteiger charge is -2.07. The SMILES string of the molecule is C#Cc1ccc2c(c1)c1ccccc1n2CCCCCCC. The number of fused-ring (bicyclic) bond motifs is 3. The first kappa shape index (κ1) is 14.7. The Hall–Kier alpha value is -2.20. The summed E-state index contributed by atoms with van der Waals surface area (Å²) in [6.07, 6.45) is 12.1. The van der Waals surface area contributed by atoms with Crippen molar-refractivity contribution in [3.8, 4) is 12.3 Å². The van der Waals surface area contributed by atoms with Gasteiger partial charge in [0.15, 0.2) is 0 Å². The molecule has 0 bridgehead atoms. The van der Waals surface area contributed by atoms with Crippen molar-refractivity contribution in [2.75, 3.05) is 0 Å². The van der Waals surface area contributed by atoms with E-state index in [1.807, 2.05) is 0 Å². The summed E-state index contributed by atoms with van der Waals surface area (Å²) in [7, 11) is 0. The molecule has 0 aliphatic heterocycles. The third kappa shape index (κ3) is 2.74. The van der Waals surface area contributed by atoms with Gasteiger partial charge in [-0.05, 0) is 30.7 Å². The highest BCUT2D eigenvalue weighted by Crippen LogP contribution is 2.30. The van der Waals surface area contributed by atoms with Crippen LogP contribution in [0.25, 0.3) is 21.8 Å². The maximum absolute atomic E-state index is 5.56. The summed E-state index contributed by atoms with van der Waals surface area (Å²) in [5.41, 5.74) is 3.58. The van der Waals surface area contributed by atoms with Gasteiger partial charge in [-0.25, -0.2) is 0 Å². The molecule has 3 aromatic rings. The largest absolute Gasteiger partial charge is 0.340 e. The summed E-state index contributed by atoms with van der Waals surface area (Å²) < 4.78 is 2.46. The second-order valence-electron chi connectivity index (χ2n) is 5.96. The number of benzene rings is 2. The third-order valence-corrected chi connectivity index (χ3v) is 4.42. The van der Waals surface area contributed by atoms with Crippen LogP contribution in [0.2, 0.25) is 0 Å². The number of unbranched alkanes of at least 4 members (excludes halogenated alkanes) is 4. The Labute approximate surface area is 132 Å². The molecule has 1 heteroatoms. The van der Waals surface area contributed by atoms with Crippen LogP contribution in [0.5, 0.6) is 0 Å². The van der Waals surface area contributed by atoms with Gasteiger partial charge in [0.2, 0.25) is 0 Å². The van der Waals surface area contributed by atoms with E-state index < -0.39 is 0 Å². The Morgan fingerprint density at radius 3 is 2.50 bits per heavy atom. The number of rotatable bonds is 6. The average Bonchev–Trinajstić information content (AvgIpc) is 2.88. The van der Waals surface area contributed by atoms with E-state index in [0.29, 0.717) is 0 Å². The van der Waals surface area contributed by atoms with Gasteiger partial charge in [0, 0.05) is 33.9 Å². The van der Waals surface area contributed by atoms with Crippen molar-refractivity contribution in [1.82, 2.24) is 4.57 Å². The lowest BCUT2D eigenvalue weighted by Crippen LogP contribution is -1.97. The first-order chi connectivity index (χ1) is 10.8. The highest BCUT2D eigenvalue weighted by atomic mass is 15.0. The molecule has 112 valence electrons. The molecule has 0 amide bonds. The van der Waals surface area contributed by atoms with Gasteiger partial charge in [0.05, 0.1) is 0 Å². The van der Waals surface area contributed by atoms with Crippen molar-refractivity contribution < 1.29 is 0 Å². The van der Waals surface area contributed by atoms with Crippen LogP contribution in [0.4, 0.5) is 0 Å². The molecule has 0 N–H and O–H groups in total. The van der Waals surface area contributed by atoms with Crippen molar-refractivity contribution in [3.05, 3.63) is 48.0 Å². The van der Waals surface area contributed by atoms with E-state index in [-0.39, 0.29) is 0 Å². The lowest BCUT2D eigenvalue weighted by molar-refractivity contribution is 0.584. The van der Waals surface area contributed by atoms with E-state index in [9.17, 15) is 0 Å². The molecular formula is C21H23N. The molecule has 0 spiro atoms. The number of hydrogen-bond donors (Lipinski definition) is 0. The minimum atomic E-state index is 0.957. The fraction of sp³-hybridized carbons (Fsp3) is 0.333. The molecule has 2 aromatic carbocycles. The quantitative estimate of drug-likeness (QED) is 0.402. The molecular weight excluding hydrogens is 266 g/mol. The van der Waals surface area contributed by atoms with Gasteiger partial charge < -0.3 is 4.57 Å². The van der Waals surface area contributed by atoms with E-state index in [2.05, 4.69) is 59.9 Å². The zero-order chi connectivity index (χ0) is 15.4. The summed E-state index contributed by atoms with van der Waals surface area (Å²) in [6.45, 7) is 3.35. The summed E-state index contributed by atoms with van der Waals surface area (Å²) in [4.78, 5) is 0. The Bertz CT molecular complexity index is 817. The van der Waals surface area contributed by atoms with Crippen LogP contribution in [0.15, 0.2) is 42.5 Å². The molecule has 3 rings (SSSR count). The van der Waals surface area contributed by atoms with Gasteiger partial charge in [-0.15, -0.1) is 6.42 Å². The first-order valence-electron chi connectivity index (χ1n) is 8.32. The molecule has 1 nitrogen and oxygen atoms in total. The van der Waals surface area contributed by atoms with Crippen molar-refractivity contribution in [1.29, 1.82) is 0 Å². The van der Waals surface area contributed by atoms with Crippen LogP contribution in [-0.4, -0.2) is 4.57 Å². The summed E-state index contributed by atoms with van der Waals surface area (Å²) in [5.74, 6) is 2.75. The Morgan fingerprint density at radius 2 is 1.68 bits per heavy atom. The summed E-state index contributed by atoms with van der Waals surface area (Å²) in [6, 6.07) is 15.0. The maximum Gasteiger partial charge on any atom is 0.0492 e. The Morgan fingerprint density at radius 1 is 0.909 bits per heavy atom. The highest BCUT2D eigenvalue weighted by Gasteiger charge is 2.10. The van der Waals surface area contributed by atoms with Crippen LogP contribution < -0.4 is 0 Å². The first-order valence-corrected chi connectivity index (χ1v) is 8.32. The van der Waals surface area contributed by atoms with E-state index in [0.717, 1.165) is 12.1 Å². The number of aromatic nitrogens is 1. The minimum absolute atomic E-state index is 0.957. The van der Waals surface area contributed by atoms with Crippen molar-refractivity contribution in [2.24, 2.45) is 0 Å². The zero-order valence-electron chi connectivity index (χ0n) is 13.3. The molecule has 1 heterocycles. The Kier molecular flexibility index (Phi) is 4.49. The fourth-order valence-corrected chi connectivity index (χ4v) is 3.26. The van der Waals surface area contributed by atoms with Crippen molar-refractivity contribution >= 4 is 21.8 Å². The molecule has 0 atom stereocenters. The standard InChI is InChI=1S/C21H23N/c1-3-5-6-7-10-15-22-20-12-9-8-11-18(20)19-16-17(4-2)13-14-21(19)22/h2,8-9,11-14,16H,3,5-7,10,15H2,1H3. The van der Waals surface area contributed by atoms with Gasteiger partial charge in [-0.1, -0.05) is 56.7 Å². The lowest BCUT2D eigenvalue weighted by atomic mass is 10.1. The number of hydrogen-bond acceptors (Lipinski definition) is 0. The highest BCUT2D eigenvalue weighted by molar-refractivity contribution is 6.08. The van der Waals surface area contributed by atoms with E-state index in [1.165, 1.54) is 53.9 Å². The van der Waals surface area contributed by atoms with E-state index >= 15 is 0 Å². The predicted molar refractivity (Wildman–Crippen MR) is 96.1 cm³/mol. The molecule has 0 saturated carbocycles. The fourth-order valence-electron chi connectivity index (χ4n) is 3.26. The second-order valence-corrected chi connectivity index (χ2v) is 5.96. The maximum atomic E-state index is 5.56. The van der Waals surface area contributed by atoms with Gasteiger partial charge >= 0.3 is 0 Å². The smallest absolute Gasteiger partial charge is 0.0492 e. The summed E-state index contributed by atoms with van der Waals surface area (Å²) >= 11 is 0. The van der Waals surface area contributed by atoms with E-state index in [1.54, 1.807) is 0 Å². The number of aryl methyl sites for hydroxylation is 1. The van der Waals surface area contributed by atoms with Crippen LogP contribution in [0.1, 0.15) is 44.6 Å². The molecule has 0 saturated heterocycles. The van der Waals surface area contributed by atoms with Crippen LogP contribution in [0, 0.1) is 12.3 Å². The van der Waals surface area contributed by atoms with Crippen LogP contribution in [-0.2, 0) is 6.54 Å². The third-order valence-electron chi connectivity index (χ3n) is 4.42. The molecule has 22 heavy (non-hydrogen) atoms. The molecule has 0 aliphatic carbocycles. The van der Waals surface area contributed by atoms with E-state index in [4.69, 9.17) is 6.42 Å². The normalized spacial score (nSPS) is 11.1. The minimum Gasteiger partial charge on any atom is -0.340 e.